The summed E-state index contributed by atoms with van der Waals surface area (Å²) in [5.41, 5.74) is 3.27. The highest BCUT2D eigenvalue weighted by Crippen LogP contribution is 2.36. The third-order valence-electron chi connectivity index (χ3n) is 4.56. The summed E-state index contributed by atoms with van der Waals surface area (Å²) in [5, 5.41) is 0. The summed E-state index contributed by atoms with van der Waals surface area (Å²) in [7, 11) is 0. The molecule has 0 saturated heterocycles. The highest BCUT2D eigenvalue weighted by Gasteiger charge is 2.29. The molecule has 2 heteroatoms. The van der Waals surface area contributed by atoms with E-state index in [1.807, 2.05) is 31.2 Å². The number of esters is 1. The average molecular weight is 282 g/mol. The van der Waals surface area contributed by atoms with Gasteiger partial charge < -0.3 is 4.74 Å². The first kappa shape index (κ1) is 14.1. The lowest BCUT2D eigenvalue weighted by Gasteiger charge is -2.33. The maximum Gasteiger partial charge on any atom is 0.338 e. The molecule has 1 aromatic carbocycles. The Hall–Kier alpha value is -1.83. The number of ether oxygens (including phenoxy) is 1. The van der Waals surface area contributed by atoms with Crippen molar-refractivity contribution >= 4 is 5.97 Å². The summed E-state index contributed by atoms with van der Waals surface area (Å²) in [4.78, 5) is 12.2. The van der Waals surface area contributed by atoms with E-state index in [1.165, 1.54) is 18.4 Å². The molecular weight excluding hydrogens is 260 g/mol. The summed E-state index contributed by atoms with van der Waals surface area (Å²) in [6, 6.07) is 7.55. The summed E-state index contributed by atoms with van der Waals surface area (Å²) in [6.07, 6.45) is 9.88. The number of hydrogen-bond acceptors (Lipinski definition) is 2. The standard InChI is InChI=1S/C19H22O2/c1-13-3-6-15(7-4-13)19(20)21-18-10-9-16-11-14(2)5-8-17(16)12-18/h3-4,6-7,9-11,16-18H,5,8,12H2,1-2H3. The van der Waals surface area contributed by atoms with Gasteiger partial charge in [-0.15, -0.1) is 0 Å². The van der Waals surface area contributed by atoms with Crippen LogP contribution in [-0.2, 0) is 4.74 Å². The Labute approximate surface area is 126 Å². The SMILES string of the molecule is CC1=CC2C=CC(OC(=O)c3ccc(C)cc3)CC2CC1. The highest BCUT2D eigenvalue weighted by molar-refractivity contribution is 5.89. The molecule has 3 atom stereocenters. The zero-order valence-electron chi connectivity index (χ0n) is 12.7. The molecule has 21 heavy (non-hydrogen) atoms. The molecule has 0 spiro atoms. The minimum atomic E-state index is -0.217. The second kappa shape index (κ2) is 5.88. The predicted molar refractivity (Wildman–Crippen MR) is 84.1 cm³/mol. The molecule has 0 aliphatic heterocycles. The lowest BCUT2D eigenvalue weighted by atomic mass is 9.75. The van der Waals surface area contributed by atoms with Gasteiger partial charge in [0, 0.05) is 0 Å². The van der Waals surface area contributed by atoms with Gasteiger partial charge in [-0.2, -0.15) is 0 Å². The summed E-state index contributed by atoms with van der Waals surface area (Å²) in [5.74, 6) is 0.938. The molecule has 110 valence electrons. The van der Waals surface area contributed by atoms with E-state index in [-0.39, 0.29) is 12.1 Å². The summed E-state index contributed by atoms with van der Waals surface area (Å²) in [6.45, 7) is 4.21. The molecule has 0 bridgehead atoms. The number of allylic oxidation sites excluding steroid dienone is 3. The Morgan fingerprint density at radius 3 is 2.67 bits per heavy atom. The lowest BCUT2D eigenvalue weighted by Crippen LogP contribution is -2.28. The summed E-state index contributed by atoms with van der Waals surface area (Å²) >= 11 is 0. The number of carbonyl (C=O) groups is 1. The van der Waals surface area contributed by atoms with Crippen LogP contribution in [0.15, 0.2) is 48.1 Å². The van der Waals surface area contributed by atoms with Crippen molar-refractivity contribution in [3.05, 3.63) is 59.2 Å². The van der Waals surface area contributed by atoms with Crippen molar-refractivity contribution < 1.29 is 9.53 Å². The number of aryl methyl sites for hydroxylation is 1. The van der Waals surface area contributed by atoms with Crippen LogP contribution in [0.2, 0.25) is 0 Å². The van der Waals surface area contributed by atoms with Crippen LogP contribution >= 0.6 is 0 Å². The van der Waals surface area contributed by atoms with Gasteiger partial charge in [-0.3, -0.25) is 0 Å². The molecule has 2 nitrogen and oxygen atoms in total. The van der Waals surface area contributed by atoms with Crippen molar-refractivity contribution in [2.45, 2.75) is 39.2 Å². The van der Waals surface area contributed by atoms with Crippen LogP contribution in [0.1, 0.15) is 42.1 Å². The fourth-order valence-electron chi connectivity index (χ4n) is 3.25. The van der Waals surface area contributed by atoms with Crippen LogP contribution in [0.4, 0.5) is 0 Å². The molecule has 0 aromatic heterocycles. The number of benzene rings is 1. The van der Waals surface area contributed by atoms with Crippen LogP contribution in [-0.4, -0.2) is 12.1 Å². The largest absolute Gasteiger partial charge is 0.455 e. The molecule has 1 aromatic rings. The van der Waals surface area contributed by atoms with Crippen LogP contribution in [0.3, 0.4) is 0 Å². The van der Waals surface area contributed by atoms with E-state index < -0.39 is 0 Å². The van der Waals surface area contributed by atoms with Gasteiger partial charge in [0.15, 0.2) is 0 Å². The van der Waals surface area contributed by atoms with Gasteiger partial charge in [0.2, 0.25) is 0 Å². The third-order valence-corrected chi connectivity index (χ3v) is 4.56. The van der Waals surface area contributed by atoms with Crippen LogP contribution in [0.5, 0.6) is 0 Å². The normalized spacial score (nSPS) is 27.7. The fourth-order valence-corrected chi connectivity index (χ4v) is 3.25. The first-order valence-electron chi connectivity index (χ1n) is 7.75. The minimum absolute atomic E-state index is 0.0770. The Bertz CT molecular complexity index is 580. The zero-order chi connectivity index (χ0) is 14.8. The highest BCUT2D eigenvalue weighted by atomic mass is 16.5. The van der Waals surface area contributed by atoms with Gasteiger partial charge >= 0.3 is 5.97 Å². The van der Waals surface area contributed by atoms with E-state index in [9.17, 15) is 4.79 Å². The molecule has 0 saturated carbocycles. The first-order chi connectivity index (χ1) is 10.1. The Morgan fingerprint density at radius 1 is 1.14 bits per heavy atom. The van der Waals surface area contributed by atoms with Crippen LogP contribution < -0.4 is 0 Å². The van der Waals surface area contributed by atoms with Gasteiger partial charge in [0.1, 0.15) is 6.10 Å². The van der Waals surface area contributed by atoms with Crippen molar-refractivity contribution in [2.75, 3.05) is 0 Å². The molecule has 2 aliphatic rings. The molecule has 2 aliphatic carbocycles. The monoisotopic (exact) mass is 282 g/mol. The van der Waals surface area contributed by atoms with Gasteiger partial charge in [-0.05, 0) is 63.2 Å². The number of rotatable bonds is 2. The van der Waals surface area contributed by atoms with E-state index in [1.54, 1.807) is 0 Å². The van der Waals surface area contributed by atoms with Crippen LogP contribution in [0.25, 0.3) is 0 Å². The zero-order valence-corrected chi connectivity index (χ0v) is 12.7. The maximum absolute atomic E-state index is 12.2. The van der Waals surface area contributed by atoms with E-state index in [4.69, 9.17) is 4.74 Å². The van der Waals surface area contributed by atoms with Gasteiger partial charge in [-0.1, -0.05) is 35.4 Å². The number of hydrogen-bond donors (Lipinski definition) is 0. The lowest BCUT2D eigenvalue weighted by molar-refractivity contribution is 0.0319. The van der Waals surface area contributed by atoms with E-state index in [2.05, 4.69) is 25.2 Å². The van der Waals surface area contributed by atoms with Crippen LogP contribution in [0, 0.1) is 18.8 Å². The number of carbonyl (C=O) groups excluding carboxylic acids is 1. The summed E-state index contributed by atoms with van der Waals surface area (Å²) < 4.78 is 5.65. The molecule has 0 fully saturated rings. The van der Waals surface area contributed by atoms with Crippen molar-refractivity contribution in [1.82, 2.24) is 0 Å². The van der Waals surface area contributed by atoms with Gasteiger partial charge in [0.05, 0.1) is 5.56 Å². The molecule has 0 heterocycles. The predicted octanol–water partition coefficient (Wildman–Crippen LogP) is 4.45. The molecule has 0 N–H and O–H groups in total. The second-order valence-electron chi connectivity index (χ2n) is 6.32. The van der Waals surface area contributed by atoms with E-state index >= 15 is 0 Å². The Morgan fingerprint density at radius 2 is 1.90 bits per heavy atom. The molecule has 3 rings (SSSR count). The molecule has 0 amide bonds. The molecule has 3 unspecified atom stereocenters. The maximum atomic E-state index is 12.2. The third kappa shape index (κ3) is 3.26. The topological polar surface area (TPSA) is 26.3 Å². The minimum Gasteiger partial charge on any atom is -0.455 e. The van der Waals surface area contributed by atoms with Crippen molar-refractivity contribution in [2.24, 2.45) is 11.8 Å². The van der Waals surface area contributed by atoms with Crippen molar-refractivity contribution in [3.63, 3.8) is 0 Å². The number of fused-ring (bicyclic) bond motifs is 1. The van der Waals surface area contributed by atoms with Crippen molar-refractivity contribution in [1.29, 1.82) is 0 Å². The van der Waals surface area contributed by atoms with Crippen molar-refractivity contribution in [3.8, 4) is 0 Å². The molecular formula is C19H22O2. The quantitative estimate of drug-likeness (QED) is 0.591. The first-order valence-corrected chi connectivity index (χ1v) is 7.75. The smallest absolute Gasteiger partial charge is 0.338 e. The molecule has 0 radical (unpaired) electrons. The van der Waals surface area contributed by atoms with E-state index in [0.717, 1.165) is 12.0 Å². The average Bonchev–Trinajstić information content (AvgIpc) is 2.48. The Kier molecular flexibility index (Phi) is 3.96. The fraction of sp³-hybridized carbons (Fsp3) is 0.421. The Balaban J connectivity index is 1.65. The van der Waals surface area contributed by atoms with E-state index in [0.29, 0.717) is 17.4 Å². The van der Waals surface area contributed by atoms with Gasteiger partial charge in [0.25, 0.3) is 0 Å². The second-order valence-corrected chi connectivity index (χ2v) is 6.32. The van der Waals surface area contributed by atoms with Gasteiger partial charge in [-0.25, -0.2) is 4.79 Å².